The molecule has 0 saturated heterocycles. The van der Waals surface area contributed by atoms with Gasteiger partial charge < -0.3 is 10.1 Å². The predicted octanol–water partition coefficient (Wildman–Crippen LogP) is 1.87. The molecular formula is C13H24N2O3S2. The van der Waals surface area contributed by atoms with Crippen LogP contribution < -0.4 is 10.0 Å². The van der Waals surface area contributed by atoms with Crippen LogP contribution in [0.2, 0.25) is 0 Å². The van der Waals surface area contributed by atoms with Crippen molar-refractivity contribution in [3.05, 3.63) is 16.5 Å². The van der Waals surface area contributed by atoms with E-state index in [1.165, 1.54) is 11.3 Å². The largest absolute Gasteiger partial charge is 0.385 e. The van der Waals surface area contributed by atoms with Crippen LogP contribution in [-0.4, -0.2) is 35.2 Å². The molecule has 7 heteroatoms. The average molecular weight is 320 g/mol. The smallest absolute Gasteiger partial charge is 0.250 e. The summed E-state index contributed by atoms with van der Waals surface area (Å²) >= 11 is 1.34. The fourth-order valence-corrected chi connectivity index (χ4v) is 4.36. The number of thiophene rings is 1. The van der Waals surface area contributed by atoms with Gasteiger partial charge in [0.25, 0.3) is 0 Å². The Morgan fingerprint density at radius 2 is 2.10 bits per heavy atom. The number of ether oxygens (including phenoxy) is 1. The van der Waals surface area contributed by atoms with Crippen LogP contribution in [0, 0.1) is 6.92 Å². The van der Waals surface area contributed by atoms with Crippen LogP contribution in [0.3, 0.4) is 0 Å². The number of sulfonamides is 1. The first-order valence-electron chi connectivity index (χ1n) is 6.80. The van der Waals surface area contributed by atoms with Crippen LogP contribution in [0.5, 0.6) is 0 Å². The van der Waals surface area contributed by atoms with Gasteiger partial charge >= 0.3 is 0 Å². The minimum atomic E-state index is -3.37. The number of aryl methyl sites for hydroxylation is 1. The molecule has 1 aromatic rings. The van der Waals surface area contributed by atoms with Gasteiger partial charge in [-0.15, -0.1) is 11.3 Å². The van der Waals surface area contributed by atoms with Crippen LogP contribution in [0.15, 0.2) is 10.3 Å². The number of rotatable bonds is 10. The summed E-state index contributed by atoms with van der Waals surface area (Å²) in [6, 6.07) is 1.74. The summed E-state index contributed by atoms with van der Waals surface area (Å²) in [4.78, 5) is 1.08. The second kappa shape index (κ2) is 8.74. The number of hydrogen-bond donors (Lipinski definition) is 2. The molecule has 1 aromatic heterocycles. The molecule has 0 saturated carbocycles. The van der Waals surface area contributed by atoms with E-state index in [2.05, 4.69) is 10.0 Å². The number of nitrogens with one attached hydrogen (secondary N) is 2. The molecule has 1 heterocycles. The first-order chi connectivity index (χ1) is 9.51. The molecule has 0 fully saturated rings. The summed E-state index contributed by atoms with van der Waals surface area (Å²) in [5.41, 5.74) is 1.02. The highest BCUT2D eigenvalue weighted by Crippen LogP contribution is 2.25. The molecular weight excluding hydrogens is 296 g/mol. The zero-order valence-corrected chi connectivity index (χ0v) is 14.0. The van der Waals surface area contributed by atoms with E-state index >= 15 is 0 Å². The van der Waals surface area contributed by atoms with E-state index < -0.39 is 10.0 Å². The van der Waals surface area contributed by atoms with E-state index in [1.54, 1.807) is 13.2 Å². The van der Waals surface area contributed by atoms with Crippen LogP contribution in [0.4, 0.5) is 0 Å². The molecule has 0 spiro atoms. The summed E-state index contributed by atoms with van der Waals surface area (Å²) < 4.78 is 32.3. The molecule has 1 rings (SSSR count). The lowest BCUT2D eigenvalue weighted by Gasteiger charge is -2.04. The Morgan fingerprint density at radius 1 is 1.35 bits per heavy atom. The van der Waals surface area contributed by atoms with Crippen molar-refractivity contribution < 1.29 is 13.2 Å². The van der Waals surface area contributed by atoms with Gasteiger partial charge in [-0.1, -0.05) is 6.92 Å². The second-order valence-corrected chi connectivity index (χ2v) is 7.68. The second-order valence-electron chi connectivity index (χ2n) is 4.55. The molecule has 0 unspecified atom stereocenters. The minimum Gasteiger partial charge on any atom is -0.385 e. The van der Waals surface area contributed by atoms with Crippen molar-refractivity contribution in [3.8, 4) is 0 Å². The van der Waals surface area contributed by atoms with Gasteiger partial charge in [-0.05, 0) is 37.9 Å². The lowest BCUT2D eigenvalue weighted by atomic mass is 10.3. The third kappa shape index (κ3) is 5.49. The van der Waals surface area contributed by atoms with Crippen molar-refractivity contribution in [1.29, 1.82) is 0 Å². The van der Waals surface area contributed by atoms with Crippen molar-refractivity contribution >= 4 is 21.4 Å². The zero-order valence-electron chi connectivity index (χ0n) is 12.4. The van der Waals surface area contributed by atoms with Gasteiger partial charge in [-0.25, -0.2) is 13.1 Å². The summed E-state index contributed by atoms with van der Waals surface area (Å²) in [5.74, 6) is 0. The molecule has 0 aliphatic heterocycles. The Morgan fingerprint density at radius 3 is 2.75 bits per heavy atom. The standard InChI is InChI=1S/C13H24N2O3S2/c1-4-14-10-12-11(2)9-13(19-12)20(16,17)15-7-5-6-8-18-3/h9,14-15H,4-8,10H2,1-3H3. The summed E-state index contributed by atoms with van der Waals surface area (Å²) in [7, 11) is -1.73. The number of methoxy groups -OCH3 is 1. The fraction of sp³-hybridized carbons (Fsp3) is 0.692. The Kier molecular flexibility index (Phi) is 7.68. The van der Waals surface area contributed by atoms with Gasteiger partial charge in [0.05, 0.1) is 0 Å². The molecule has 0 atom stereocenters. The molecule has 0 aromatic carbocycles. The highest BCUT2D eigenvalue weighted by Gasteiger charge is 2.18. The zero-order chi connectivity index (χ0) is 15.0. The van der Waals surface area contributed by atoms with E-state index in [0.717, 1.165) is 36.4 Å². The maximum atomic E-state index is 12.2. The minimum absolute atomic E-state index is 0.398. The molecule has 0 radical (unpaired) electrons. The molecule has 116 valence electrons. The Balaban J connectivity index is 2.58. The van der Waals surface area contributed by atoms with Gasteiger partial charge in [-0.2, -0.15) is 0 Å². The first-order valence-corrected chi connectivity index (χ1v) is 9.10. The average Bonchev–Trinajstić information content (AvgIpc) is 2.78. The van der Waals surface area contributed by atoms with E-state index in [9.17, 15) is 8.42 Å². The first kappa shape index (κ1) is 17.6. The van der Waals surface area contributed by atoms with Gasteiger partial charge in [0.15, 0.2) is 0 Å². The lowest BCUT2D eigenvalue weighted by Crippen LogP contribution is -2.24. The molecule has 0 amide bonds. The molecule has 0 aliphatic carbocycles. The summed E-state index contributed by atoms with van der Waals surface area (Å²) in [5, 5.41) is 3.22. The third-order valence-electron chi connectivity index (χ3n) is 2.87. The van der Waals surface area contributed by atoms with Crippen molar-refractivity contribution in [1.82, 2.24) is 10.0 Å². The van der Waals surface area contributed by atoms with Gasteiger partial charge in [0.1, 0.15) is 4.21 Å². The topological polar surface area (TPSA) is 67.4 Å². The normalized spacial score (nSPS) is 11.9. The molecule has 5 nitrogen and oxygen atoms in total. The maximum absolute atomic E-state index is 12.2. The fourth-order valence-electron chi connectivity index (χ4n) is 1.68. The van der Waals surface area contributed by atoms with Crippen LogP contribution in [0.1, 0.15) is 30.2 Å². The van der Waals surface area contributed by atoms with Crippen molar-refractivity contribution in [3.63, 3.8) is 0 Å². The third-order valence-corrected chi connectivity index (χ3v) is 6.04. The lowest BCUT2D eigenvalue weighted by molar-refractivity contribution is 0.193. The predicted molar refractivity (Wildman–Crippen MR) is 82.7 cm³/mol. The molecule has 20 heavy (non-hydrogen) atoms. The van der Waals surface area contributed by atoms with Crippen LogP contribution in [0.25, 0.3) is 0 Å². The number of unbranched alkanes of at least 4 members (excludes halogenated alkanes) is 1. The van der Waals surface area contributed by atoms with E-state index in [4.69, 9.17) is 4.74 Å². The Bertz CT molecular complexity index is 498. The van der Waals surface area contributed by atoms with Crippen molar-refractivity contribution in [2.45, 2.75) is 37.4 Å². The van der Waals surface area contributed by atoms with Gasteiger partial charge in [-0.3, -0.25) is 0 Å². The Hall–Kier alpha value is -0.470. The van der Waals surface area contributed by atoms with E-state index in [0.29, 0.717) is 17.4 Å². The quantitative estimate of drug-likeness (QED) is 0.646. The SMILES string of the molecule is CCNCc1sc(S(=O)(=O)NCCCCOC)cc1C. The summed E-state index contributed by atoms with van der Waals surface area (Å²) in [6.45, 7) is 6.67. The van der Waals surface area contributed by atoms with Gasteiger partial charge in [0.2, 0.25) is 10.0 Å². The van der Waals surface area contributed by atoms with Crippen LogP contribution in [-0.2, 0) is 21.3 Å². The summed E-state index contributed by atoms with van der Waals surface area (Å²) in [6.07, 6.45) is 1.63. The van der Waals surface area contributed by atoms with Gasteiger partial charge in [0, 0.05) is 31.7 Å². The highest BCUT2D eigenvalue weighted by atomic mass is 32.2. The maximum Gasteiger partial charge on any atom is 0.250 e. The number of hydrogen-bond acceptors (Lipinski definition) is 5. The van der Waals surface area contributed by atoms with E-state index in [-0.39, 0.29) is 0 Å². The Labute approximate surface area is 125 Å². The van der Waals surface area contributed by atoms with Crippen molar-refractivity contribution in [2.24, 2.45) is 0 Å². The monoisotopic (exact) mass is 320 g/mol. The van der Waals surface area contributed by atoms with E-state index in [1.807, 2.05) is 13.8 Å². The molecule has 0 bridgehead atoms. The molecule has 0 aliphatic rings. The molecule has 2 N–H and O–H groups in total. The highest BCUT2D eigenvalue weighted by molar-refractivity contribution is 7.91. The van der Waals surface area contributed by atoms with Crippen molar-refractivity contribution in [2.75, 3.05) is 26.8 Å². The van der Waals surface area contributed by atoms with Crippen LogP contribution >= 0.6 is 11.3 Å².